The molecule has 196 valence electrons. The molecule has 2 aromatic carbocycles. The second-order valence-corrected chi connectivity index (χ2v) is 10.3. The van der Waals surface area contributed by atoms with Crippen LogP contribution in [0.1, 0.15) is 49.4 Å². The normalized spacial score (nSPS) is 15.6. The number of Topliss-reactive ketones (excluding diaryl/α,β-unsaturated/α-hetero) is 1. The minimum Gasteiger partial charge on any atom is -0.503 e. The van der Waals surface area contributed by atoms with Crippen molar-refractivity contribution < 1.29 is 28.6 Å². The highest BCUT2D eigenvalue weighted by Crippen LogP contribution is 2.45. The first kappa shape index (κ1) is 25.5. The van der Waals surface area contributed by atoms with Gasteiger partial charge >= 0.3 is 0 Å². The lowest BCUT2D eigenvalue weighted by Gasteiger charge is -2.24. The van der Waals surface area contributed by atoms with E-state index >= 15 is 0 Å². The van der Waals surface area contributed by atoms with E-state index in [4.69, 9.17) is 13.9 Å². The number of aliphatic hydroxyl groups is 1. The molecule has 1 N–H and O–H groups in total. The van der Waals surface area contributed by atoms with Crippen LogP contribution in [-0.4, -0.2) is 35.0 Å². The van der Waals surface area contributed by atoms with Gasteiger partial charge in [-0.1, -0.05) is 37.3 Å². The van der Waals surface area contributed by atoms with Crippen molar-refractivity contribution in [2.24, 2.45) is 5.92 Å². The molecule has 38 heavy (non-hydrogen) atoms. The number of ketones is 1. The van der Waals surface area contributed by atoms with Crippen molar-refractivity contribution in [2.75, 3.05) is 18.1 Å². The van der Waals surface area contributed by atoms with Gasteiger partial charge in [-0.3, -0.25) is 14.5 Å². The number of furan rings is 1. The van der Waals surface area contributed by atoms with Gasteiger partial charge in [-0.2, -0.15) is 0 Å². The van der Waals surface area contributed by atoms with Crippen LogP contribution in [0.25, 0.3) is 10.2 Å². The van der Waals surface area contributed by atoms with E-state index in [1.54, 1.807) is 24.3 Å². The predicted octanol–water partition coefficient (Wildman–Crippen LogP) is 6.50. The second-order valence-electron chi connectivity index (χ2n) is 9.31. The molecule has 1 unspecified atom stereocenters. The maximum absolute atomic E-state index is 13.5. The molecule has 5 rings (SSSR count). The van der Waals surface area contributed by atoms with Crippen LogP contribution in [-0.2, 0) is 4.79 Å². The highest BCUT2D eigenvalue weighted by Gasteiger charge is 2.46. The lowest BCUT2D eigenvalue weighted by molar-refractivity contribution is -0.117. The molecule has 8 nitrogen and oxygen atoms in total. The average molecular weight is 533 g/mol. The number of hydrogen-bond donors (Lipinski definition) is 1. The van der Waals surface area contributed by atoms with Gasteiger partial charge in [0.05, 0.1) is 41.3 Å². The number of rotatable bonds is 10. The molecule has 0 saturated heterocycles. The zero-order valence-electron chi connectivity index (χ0n) is 21.3. The van der Waals surface area contributed by atoms with Crippen LogP contribution in [0.15, 0.2) is 76.6 Å². The summed E-state index contributed by atoms with van der Waals surface area (Å²) in [7, 11) is 0. The summed E-state index contributed by atoms with van der Waals surface area (Å²) in [6.07, 6.45) is 2.26. The smallest absolute Gasteiger partial charge is 0.296 e. The van der Waals surface area contributed by atoms with Crippen LogP contribution < -0.4 is 14.4 Å². The predicted molar refractivity (Wildman–Crippen MR) is 145 cm³/mol. The summed E-state index contributed by atoms with van der Waals surface area (Å²) in [5.74, 6) is -0.0871. The molecule has 0 bridgehead atoms. The van der Waals surface area contributed by atoms with E-state index in [-0.39, 0.29) is 11.3 Å². The number of carbonyl (C=O) groups is 2. The van der Waals surface area contributed by atoms with Crippen molar-refractivity contribution in [1.29, 1.82) is 0 Å². The number of nitrogens with zero attached hydrogens (tertiary/aromatic N) is 2. The number of anilines is 1. The number of carbonyl (C=O) groups excluding carboxylic acids is 2. The molecule has 0 spiro atoms. The van der Waals surface area contributed by atoms with Gasteiger partial charge in [0.1, 0.15) is 11.5 Å². The monoisotopic (exact) mass is 532 g/mol. The van der Waals surface area contributed by atoms with Crippen LogP contribution >= 0.6 is 11.3 Å². The summed E-state index contributed by atoms with van der Waals surface area (Å²) >= 11 is 1.28. The first-order valence-corrected chi connectivity index (χ1v) is 13.3. The highest BCUT2D eigenvalue weighted by atomic mass is 32.1. The Kier molecular flexibility index (Phi) is 7.20. The molecule has 1 amide bonds. The van der Waals surface area contributed by atoms with Gasteiger partial charge in [0.2, 0.25) is 5.78 Å². The van der Waals surface area contributed by atoms with Crippen LogP contribution in [0.5, 0.6) is 11.5 Å². The lowest BCUT2D eigenvalue weighted by atomic mass is 9.95. The third-order valence-electron chi connectivity index (χ3n) is 6.20. The quantitative estimate of drug-likeness (QED) is 0.233. The summed E-state index contributed by atoms with van der Waals surface area (Å²) in [5.41, 5.74) is 1.21. The fraction of sp³-hybridized carbons (Fsp3) is 0.276. The highest BCUT2D eigenvalue weighted by molar-refractivity contribution is 7.22. The van der Waals surface area contributed by atoms with Crippen LogP contribution in [0.4, 0.5) is 5.13 Å². The SMILES string of the molecule is CCOc1ccc2nc(N3C(=O)C(O)=C(C(=O)c4ccco4)C3c3cccc(OCCC(C)C)c3)sc2c1. The Balaban J connectivity index is 1.59. The maximum atomic E-state index is 13.5. The van der Waals surface area contributed by atoms with Crippen molar-refractivity contribution in [3.8, 4) is 11.5 Å². The zero-order chi connectivity index (χ0) is 26.8. The summed E-state index contributed by atoms with van der Waals surface area (Å²) in [6.45, 7) is 7.21. The molecule has 0 saturated carbocycles. The topological polar surface area (TPSA) is 102 Å². The number of ether oxygens (including phenoxy) is 2. The number of hydrogen-bond acceptors (Lipinski definition) is 8. The molecule has 3 heterocycles. The zero-order valence-corrected chi connectivity index (χ0v) is 22.2. The Bertz CT molecular complexity index is 1500. The third kappa shape index (κ3) is 4.89. The van der Waals surface area contributed by atoms with Crippen molar-refractivity contribution >= 4 is 38.4 Å². The Hall–Kier alpha value is -4.11. The molecule has 1 aliphatic rings. The third-order valence-corrected chi connectivity index (χ3v) is 7.22. The first-order chi connectivity index (χ1) is 18.4. The molecular weight excluding hydrogens is 504 g/mol. The molecule has 1 aliphatic heterocycles. The molecule has 0 radical (unpaired) electrons. The Morgan fingerprint density at radius 2 is 1.95 bits per heavy atom. The van der Waals surface area contributed by atoms with Gasteiger partial charge in [-0.25, -0.2) is 4.98 Å². The van der Waals surface area contributed by atoms with E-state index in [0.29, 0.717) is 46.8 Å². The molecule has 1 atom stereocenters. The first-order valence-electron chi connectivity index (χ1n) is 12.5. The fourth-order valence-electron chi connectivity index (χ4n) is 4.33. The van der Waals surface area contributed by atoms with Gasteiger partial charge in [-0.15, -0.1) is 0 Å². The average Bonchev–Trinajstić information content (AvgIpc) is 3.63. The standard InChI is InChI=1S/C29H28N2O6S/c1-4-35-20-10-11-21-23(16-20)38-29(30-21)31-25(18-7-5-8-19(15-18)36-14-12-17(2)3)24(27(33)28(31)34)26(32)22-9-6-13-37-22/h5-11,13,15-17,25,33H,4,12,14H2,1-3H3. The molecule has 0 fully saturated rings. The molecule has 9 heteroatoms. The number of benzene rings is 2. The van der Waals surface area contributed by atoms with Crippen LogP contribution in [0, 0.1) is 5.92 Å². The number of thiazole rings is 1. The molecule has 2 aromatic heterocycles. The Morgan fingerprint density at radius 1 is 1.13 bits per heavy atom. The van der Waals surface area contributed by atoms with Gasteiger partial charge in [0, 0.05) is 0 Å². The fourth-order valence-corrected chi connectivity index (χ4v) is 5.35. The Labute approximate surface area is 224 Å². The van der Waals surface area contributed by atoms with Gasteiger partial charge < -0.3 is 19.0 Å². The number of amides is 1. The van der Waals surface area contributed by atoms with E-state index < -0.39 is 23.5 Å². The molecular formula is C29H28N2O6S. The van der Waals surface area contributed by atoms with E-state index in [0.717, 1.165) is 11.1 Å². The Morgan fingerprint density at radius 3 is 2.68 bits per heavy atom. The van der Waals surface area contributed by atoms with E-state index in [2.05, 4.69) is 18.8 Å². The summed E-state index contributed by atoms with van der Waals surface area (Å²) in [5, 5.41) is 11.4. The van der Waals surface area contributed by atoms with Crippen LogP contribution in [0.3, 0.4) is 0 Å². The van der Waals surface area contributed by atoms with E-state index in [1.165, 1.54) is 28.6 Å². The maximum Gasteiger partial charge on any atom is 0.296 e. The largest absolute Gasteiger partial charge is 0.503 e. The second kappa shape index (κ2) is 10.7. The number of fused-ring (bicyclic) bond motifs is 1. The summed E-state index contributed by atoms with van der Waals surface area (Å²) in [6, 6.07) is 14.9. The minimum absolute atomic E-state index is 0.0289. The van der Waals surface area contributed by atoms with Gasteiger partial charge in [-0.05, 0) is 67.3 Å². The van der Waals surface area contributed by atoms with E-state index in [9.17, 15) is 14.7 Å². The van der Waals surface area contributed by atoms with Gasteiger partial charge in [0.15, 0.2) is 16.7 Å². The number of aliphatic hydroxyl groups excluding tert-OH is 1. The van der Waals surface area contributed by atoms with Crippen molar-refractivity contribution in [1.82, 2.24) is 4.98 Å². The van der Waals surface area contributed by atoms with Crippen molar-refractivity contribution in [3.05, 3.63) is 83.5 Å². The molecule has 4 aromatic rings. The van der Waals surface area contributed by atoms with Crippen molar-refractivity contribution in [2.45, 2.75) is 33.2 Å². The van der Waals surface area contributed by atoms with E-state index in [1.807, 2.05) is 31.2 Å². The summed E-state index contributed by atoms with van der Waals surface area (Å²) in [4.78, 5) is 33.0. The minimum atomic E-state index is -0.930. The van der Waals surface area contributed by atoms with Gasteiger partial charge in [0.25, 0.3) is 5.91 Å². The molecule has 0 aliphatic carbocycles. The van der Waals surface area contributed by atoms with Crippen LogP contribution in [0.2, 0.25) is 0 Å². The lowest BCUT2D eigenvalue weighted by Crippen LogP contribution is -2.31. The number of aromatic nitrogens is 1. The summed E-state index contributed by atoms with van der Waals surface area (Å²) < 4.78 is 17.7. The van der Waals surface area contributed by atoms with Crippen molar-refractivity contribution in [3.63, 3.8) is 0 Å².